The summed E-state index contributed by atoms with van der Waals surface area (Å²) < 4.78 is 1.81. The first-order valence-electron chi connectivity index (χ1n) is 4.13. The number of fused-ring (bicyclic) bond motifs is 1. The van der Waals surface area contributed by atoms with Gasteiger partial charge in [0.25, 0.3) is 0 Å². The van der Waals surface area contributed by atoms with Crippen LogP contribution in [-0.2, 0) is 0 Å². The van der Waals surface area contributed by atoms with Gasteiger partial charge in [-0.3, -0.25) is 0 Å². The first-order valence-corrected chi connectivity index (χ1v) is 4.13. The molecule has 3 nitrogen and oxygen atoms in total. The predicted molar refractivity (Wildman–Crippen MR) is 49.1 cm³/mol. The van der Waals surface area contributed by atoms with Crippen LogP contribution in [0, 0.1) is 6.92 Å². The zero-order valence-electron chi connectivity index (χ0n) is 7.65. The van der Waals surface area contributed by atoms with Crippen molar-refractivity contribution < 1.29 is 0 Å². The molecule has 0 unspecified atom stereocenters. The third-order valence-corrected chi connectivity index (χ3v) is 1.49. The molecule has 0 N–H and O–H groups in total. The van der Waals surface area contributed by atoms with Crippen LogP contribution >= 0.6 is 0 Å². The second kappa shape index (κ2) is 3.85. The number of hydrogen-bond donors (Lipinski definition) is 0. The minimum absolute atomic E-state index is 0.903. The van der Waals surface area contributed by atoms with Crippen LogP contribution in [0.4, 0.5) is 0 Å². The first-order chi connectivity index (χ1) is 5.88. The number of nitrogens with zero attached hydrogens (tertiary/aromatic N) is 3. The van der Waals surface area contributed by atoms with Crippen LogP contribution in [0.15, 0.2) is 24.5 Å². The molecule has 0 aliphatic rings. The van der Waals surface area contributed by atoms with Gasteiger partial charge in [0.1, 0.15) is 6.33 Å². The molecule has 0 aliphatic carbocycles. The van der Waals surface area contributed by atoms with Gasteiger partial charge in [0.15, 0.2) is 5.65 Å². The summed E-state index contributed by atoms with van der Waals surface area (Å²) in [5, 5.41) is 4.02. The van der Waals surface area contributed by atoms with Gasteiger partial charge in [-0.2, -0.15) is 5.10 Å². The van der Waals surface area contributed by atoms with Gasteiger partial charge in [-0.05, 0) is 19.1 Å². The smallest absolute Gasteiger partial charge is 0.155 e. The maximum absolute atomic E-state index is 4.03. The minimum Gasteiger partial charge on any atom is -0.218 e. The number of aryl methyl sites for hydroxylation is 1. The highest BCUT2D eigenvalue weighted by atomic mass is 15.3. The third kappa shape index (κ3) is 1.44. The zero-order chi connectivity index (χ0) is 8.97. The maximum atomic E-state index is 4.03. The monoisotopic (exact) mass is 163 g/mol. The number of hydrogen-bond acceptors (Lipinski definition) is 2. The molecule has 2 heterocycles. The van der Waals surface area contributed by atoms with Crippen molar-refractivity contribution in [3.63, 3.8) is 0 Å². The molecule has 0 saturated carbocycles. The average Bonchev–Trinajstić information content (AvgIpc) is 2.57. The van der Waals surface area contributed by atoms with Crippen LogP contribution < -0.4 is 0 Å². The van der Waals surface area contributed by atoms with Crippen molar-refractivity contribution in [3.05, 3.63) is 30.2 Å². The molecule has 64 valence electrons. The Morgan fingerprint density at radius 2 is 2.00 bits per heavy atom. The summed E-state index contributed by atoms with van der Waals surface area (Å²) in [4.78, 5) is 4.03. The Kier molecular flexibility index (Phi) is 2.80. The molecule has 12 heavy (non-hydrogen) atoms. The standard InChI is InChI=1S/C7H7N3.C2H6/c1-6-3-2-4-7-8-5-9-10(6)7;1-2/h2-5H,1H3;1-2H3. The fraction of sp³-hybridized carbons (Fsp3) is 0.333. The predicted octanol–water partition coefficient (Wildman–Crippen LogP) is 2.06. The Balaban J connectivity index is 0.000000336. The van der Waals surface area contributed by atoms with Gasteiger partial charge in [-0.1, -0.05) is 19.9 Å². The molecule has 0 amide bonds. The van der Waals surface area contributed by atoms with E-state index in [-0.39, 0.29) is 0 Å². The van der Waals surface area contributed by atoms with Crippen molar-refractivity contribution >= 4 is 5.65 Å². The van der Waals surface area contributed by atoms with E-state index in [0.29, 0.717) is 0 Å². The topological polar surface area (TPSA) is 30.2 Å². The molecule has 0 aromatic carbocycles. The van der Waals surface area contributed by atoms with Crippen LogP contribution in [0.2, 0.25) is 0 Å². The van der Waals surface area contributed by atoms with Gasteiger partial charge in [-0.15, -0.1) is 0 Å². The number of pyridine rings is 1. The summed E-state index contributed by atoms with van der Waals surface area (Å²) in [5.74, 6) is 0. The van der Waals surface area contributed by atoms with Gasteiger partial charge in [0, 0.05) is 5.69 Å². The van der Waals surface area contributed by atoms with E-state index in [1.54, 1.807) is 10.8 Å². The van der Waals surface area contributed by atoms with Gasteiger partial charge >= 0.3 is 0 Å². The first kappa shape index (κ1) is 8.71. The Labute approximate surface area is 72.1 Å². The number of aromatic nitrogens is 3. The van der Waals surface area contributed by atoms with Crippen LogP contribution in [-0.4, -0.2) is 14.6 Å². The summed E-state index contributed by atoms with van der Waals surface area (Å²) in [6, 6.07) is 5.90. The van der Waals surface area contributed by atoms with Crippen LogP contribution in [0.3, 0.4) is 0 Å². The molecule has 0 spiro atoms. The SMILES string of the molecule is CC.Cc1cccc2ncnn12. The Bertz CT molecular complexity index is 351. The van der Waals surface area contributed by atoms with Crippen molar-refractivity contribution in [1.82, 2.24) is 14.6 Å². The molecule has 0 atom stereocenters. The minimum atomic E-state index is 0.903. The molecule has 0 bridgehead atoms. The fourth-order valence-corrected chi connectivity index (χ4v) is 0.980. The highest BCUT2D eigenvalue weighted by Crippen LogP contribution is 2.00. The number of rotatable bonds is 0. The summed E-state index contributed by atoms with van der Waals surface area (Å²) in [6.45, 7) is 6.00. The summed E-state index contributed by atoms with van der Waals surface area (Å²) in [7, 11) is 0. The van der Waals surface area contributed by atoms with E-state index in [9.17, 15) is 0 Å². The zero-order valence-corrected chi connectivity index (χ0v) is 7.65. The largest absolute Gasteiger partial charge is 0.218 e. The van der Waals surface area contributed by atoms with Crippen molar-refractivity contribution in [3.8, 4) is 0 Å². The van der Waals surface area contributed by atoms with E-state index < -0.39 is 0 Å². The third-order valence-electron chi connectivity index (χ3n) is 1.49. The highest BCUT2D eigenvalue weighted by Gasteiger charge is 1.93. The van der Waals surface area contributed by atoms with Gasteiger partial charge in [0.2, 0.25) is 0 Å². The second-order valence-corrected chi connectivity index (χ2v) is 2.20. The van der Waals surface area contributed by atoms with Crippen molar-refractivity contribution in [2.24, 2.45) is 0 Å². The summed E-state index contributed by atoms with van der Waals surface area (Å²) in [5.41, 5.74) is 2.01. The average molecular weight is 163 g/mol. The van der Waals surface area contributed by atoms with Gasteiger partial charge in [0.05, 0.1) is 0 Å². The van der Waals surface area contributed by atoms with E-state index in [2.05, 4.69) is 10.1 Å². The normalized spacial score (nSPS) is 9.25. The Morgan fingerprint density at radius 3 is 2.67 bits per heavy atom. The molecular formula is C9H13N3. The maximum Gasteiger partial charge on any atom is 0.155 e. The van der Waals surface area contributed by atoms with Crippen LogP contribution in [0.25, 0.3) is 5.65 Å². The molecule has 0 radical (unpaired) electrons. The van der Waals surface area contributed by atoms with Gasteiger partial charge in [-0.25, -0.2) is 9.50 Å². The van der Waals surface area contributed by atoms with Crippen molar-refractivity contribution in [2.45, 2.75) is 20.8 Å². The molecule has 2 rings (SSSR count). The molecule has 0 saturated heterocycles. The summed E-state index contributed by atoms with van der Waals surface area (Å²) in [6.07, 6.45) is 1.56. The van der Waals surface area contributed by atoms with Crippen molar-refractivity contribution in [2.75, 3.05) is 0 Å². The lowest BCUT2D eigenvalue weighted by molar-refractivity contribution is 0.915. The van der Waals surface area contributed by atoms with Crippen LogP contribution in [0.1, 0.15) is 19.5 Å². The molecule has 3 heteroatoms. The molecule has 0 fully saturated rings. The van der Waals surface area contributed by atoms with Gasteiger partial charge < -0.3 is 0 Å². The van der Waals surface area contributed by atoms with Crippen molar-refractivity contribution in [1.29, 1.82) is 0 Å². The molecule has 2 aromatic heterocycles. The lowest BCUT2D eigenvalue weighted by atomic mass is 10.4. The van der Waals surface area contributed by atoms with E-state index >= 15 is 0 Å². The molecule has 0 aliphatic heterocycles. The molecular weight excluding hydrogens is 150 g/mol. The quantitative estimate of drug-likeness (QED) is 0.595. The fourth-order valence-electron chi connectivity index (χ4n) is 0.980. The highest BCUT2D eigenvalue weighted by molar-refractivity contribution is 5.36. The van der Waals surface area contributed by atoms with Crippen LogP contribution in [0.5, 0.6) is 0 Å². The molecule has 2 aromatic rings. The Hall–Kier alpha value is -1.38. The van der Waals surface area contributed by atoms with E-state index in [0.717, 1.165) is 11.3 Å². The lowest BCUT2D eigenvalue weighted by Gasteiger charge is -1.93. The van der Waals surface area contributed by atoms with E-state index in [4.69, 9.17) is 0 Å². The lowest BCUT2D eigenvalue weighted by Crippen LogP contribution is -1.90. The summed E-state index contributed by atoms with van der Waals surface area (Å²) >= 11 is 0. The second-order valence-electron chi connectivity index (χ2n) is 2.20. The van der Waals surface area contributed by atoms with E-state index in [1.807, 2.05) is 39.0 Å². The van der Waals surface area contributed by atoms with E-state index in [1.165, 1.54) is 0 Å². The Morgan fingerprint density at radius 1 is 1.25 bits per heavy atom.